The summed E-state index contributed by atoms with van der Waals surface area (Å²) in [7, 11) is 0. The molecular formula is C12H21Cl2N3. The van der Waals surface area contributed by atoms with Crippen LogP contribution in [0, 0.1) is 0 Å². The van der Waals surface area contributed by atoms with Gasteiger partial charge in [0.05, 0.1) is 0 Å². The highest BCUT2D eigenvalue weighted by Crippen LogP contribution is 2.12. The minimum atomic E-state index is 0. The predicted molar refractivity (Wildman–Crippen MR) is 76.6 cm³/mol. The van der Waals surface area contributed by atoms with Gasteiger partial charge < -0.3 is 0 Å². The summed E-state index contributed by atoms with van der Waals surface area (Å²) in [6, 6.07) is 11.2. The Labute approximate surface area is 116 Å². The number of hydrazine groups is 1. The molecule has 0 atom stereocenters. The summed E-state index contributed by atoms with van der Waals surface area (Å²) in [5, 5.41) is 0. The number of hydrogen-bond acceptors (Lipinski definition) is 3. The third-order valence-electron chi connectivity index (χ3n) is 3.07. The quantitative estimate of drug-likeness (QED) is 0.656. The average molecular weight is 278 g/mol. The molecule has 0 amide bonds. The molecule has 0 aliphatic carbocycles. The molecule has 0 bridgehead atoms. The Morgan fingerprint density at radius 2 is 1.71 bits per heavy atom. The van der Waals surface area contributed by atoms with Gasteiger partial charge in [-0.3, -0.25) is 16.2 Å². The minimum absolute atomic E-state index is 0. The van der Waals surface area contributed by atoms with Gasteiger partial charge in [-0.15, -0.1) is 24.8 Å². The molecular weight excluding hydrogens is 257 g/mol. The zero-order chi connectivity index (χ0) is 10.5. The van der Waals surface area contributed by atoms with Crippen LogP contribution in [0.3, 0.4) is 0 Å². The van der Waals surface area contributed by atoms with Gasteiger partial charge in [-0.2, -0.15) is 0 Å². The molecule has 98 valence electrons. The lowest BCUT2D eigenvalue weighted by Gasteiger charge is -2.31. The molecule has 1 fully saturated rings. The molecule has 0 unspecified atom stereocenters. The highest BCUT2D eigenvalue weighted by molar-refractivity contribution is 5.85. The summed E-state index contributed by atoms with van der Waals surface area (Å²) in [5.74, 6) is 5.43. The first-order valence-corrected chi connectivity index (χ1v) is 5.61. The van der Waals surface area contributed by atoms with Crippen LogP contribution in [0.15, 0.2) is 30.3 Å². The van der Waals surface area contributed by atoms with Gasteiger partial charge in [-0.05, 0) is 18.4 Å². The molecule has 1 heterocycles. The number of hydrogen-bond donors (Lipinski definition) is 2. The van der Waals surface area contributed by atoms with Gasteiger partial charge in [-0.25, -0.2) is 0 Å². The van der Waals surface area contributed by atoms with Crippen molar-refractivity contribution in [2.24, 2.45) is 5.84 Å². The maximum atomic E-state index is 5.43. The molecule has 0 spiro atoms. The van der Waals surface area contributed by atoms with Crippen LogP contribution < -0.4 is 11.3 Å². The van der Waals surface area contributed by atoms with Crippen LogP contribution in [0.25, 0.3) is 0 Å². The summed E-state index contributed by atoms with van der Waals surface area (Å²) in [6.07, 6.45) is 2.31. The van der Waals surface area contributed by atoms with Gasteiger partial charge in [0, 0.05) is 25.7 Å². The maximum Gasteiger partial charge on any atom is 0.0234 e. The van der Waals surface area contributed by atoms with E-state index in [0.717, 1.165) is 32.5 Å². The zero-order valence-corrected chi connectivity index (χ0v) is 11.5. The van der Waals surface area contributed by atoms with Crippen LogP contribution in [-0.4, -0.2) is 24.0 Å². The highest BCUT2D eigenvalue weighted by Gasteiger charge is 2.17. The summed E-state index contributed by atoms with van der Waals surface area (Å²) in [6.45, 7) is 3.35. The number of nitrogens with zero attached hydrogens (tertiary/aromatic N) is 1. The summed E-state index contributed by atoms with van der Waals surface area (Å²) >= 11 is 0. The second-order valence-electron chi connectivity index (χ2n) is 4.20. The number of rotatable bonds is 3. The number of benzene rings is 1. The van der Waals surface area contributed by atoms with Gasteiger partial charge >= 0.3 is 0 Å². The smallest absolute Gasteiger partial charge is 0.0234 e. The van der Waals surface area contributed by atoms with Crippen LogP contribution in [0.4, 0.5) is 0 Å². The molecule has 2 rings (SSSR count). The van der Waals surface area contributed by atoms with E-state index in [4.69, 9.17) is 5.84 Å². The van der Waals surface area contributed by atoms with Gasteiger partial charge in [0.25, 0.3) is 0 Å². The molecule has 1 saturated heterocycles. The Morgan fingerprint density at radius 1 is 1.12 bits per heavy atom. The van der Waals surface area contributed by atoms with E-state index in [1.807, 2.05) is 0 Å². The number of nitrogens with two attached hydrogens (primary N) is 1. The van der Waals surface area contributed by atoms with Crippen LogP contribution >= 0.6 is 24.8 Å². The zero-order valence-electron chi connectivity index (χ0n) is 9.84. The molecule has 17 heavy (non-hydrogen) atoms. The fraction of sp³-hybridized carbons (Fsp3) is 0.500. The van der Waals surface area contributed by atoms with Gasteiger partial charge in [0.2, 0.25) is 0 Å². The van der Waals surface area contributed by atoms with Crippen molar-refractivity contribution < 1.29 is 0 Å². The molecule has 1 aliphatic heterocycles. The second-order valence-corrected chi connectivity index (χ2v) is 4.20. The van der Waals surface area contributed by atoms with Crippen molar-refractivity contribution in [2.75, 3.05) is 13.1 Å². The number of nitrogens with one attached hydrogen (secondary N) is 1. The van der Waals surface area contributed by atoms with Crippen molar-refractivity contribution in [3.8, 4) is 0 Å². The van der Waals surface area contributed by atoms with E-state index < -0.39 is 0 Å². The third kappa shape index (κ3) is 5.23. The molecule has 1 aromatic rings. The lowest BCUT2D eigenvalue weighted by Crippen LogP contribution is -2.44. The Bertz CT molecular complexity index is 287. The Morgan fingerprint density at radius 3 is 2.24 bits per heavy atom. The molecule has 0 radical (unpaired) electrons. The lowest BCUT2D eigenvalue weighted by molar-refractivity contribution is 0.191. The van der Waals surface area contributed by atoms with Crippen molar-refractivity contribution in [3.05, 3.63) is 35.9 Å². The fourth-order valence-corrected chi connectivity index (χ4v) is 2.10. The normalized spacial score (nSPS) is 17.0. The third-order valence-corrected chi connectivity index (χ3v) is 3.07. The second kappa shape index (κ2) is 8.72. The van der Waals surface area contributed by atoms with Gasteiger partial charge in [0.15, 0.2) is 0 Å². The first kappa shape index (κ1) is 16.7. The molecule has 3 N–H and O–H groups in total. The summed E-state index contributed by atoms with van der Waals surface area (Å²) in [4.78, 5) is 2.49. The first-order valence-electron chi connectivity index (χ1n) is 5.61. The van der Waals surface area contributed by atoms with Crippen LogP contribution in [0.5, 0.6) is 0 Å². The highest BCUT2D eigenvalue weighted by atomic mass is 35.5. The number of likely N-dealkylation sites (tertiary alicyclic amines) is 1. The standard InChI is InChI=1S/C12H19N3.2ClH/c13-14-12-6-8-15(9-7-12)10-11-4-2-1-3-5-11;;/h1-5,12,14H,6-10,13H2;2*1H. The molecule has 1 aliphatic rings. The van der Waals surface area contributed by atoms with E-state index in [1.54, 1.807) is 0 Å². The SMILES string of the molecule is Cl.Cl.NNC1CCN(Cc2ccccc2)CC1. The molecule has 1 aromatic carbocycles. The lowest BCUT2D eigenvalue weighted by atomic mass is 10.1. The van der Waals surface area contributed by atoms with Crippen molar-refractivity contribution in [1.29, 1.82) is 0 Å². The number of piperidine rings is 1. The average Bonchev–Trinajstić information content (AvgIpc) is 2.31. The fourth-order valence-electron chi connectivity index (χ4n) is 2.10. The molecule has 3 nitrogen and oxygen atoms in total. The van der Waals surface area contributed by atoms with E-state index in [9.17, 15) is 0 Å². The van der Waals surface area contributed by atoms with Gasteiger partial charge in [-0.1, -0.05) is 30.3 Å². The molecule has 0 saturated carbocycles. The van der Waals surface area contributed by atoms with Crippen LogP contribution in [0.2, 0.25) is 0 Å². The van der Waals surface area contributed by atoms with Gasteiger partial charge in [0.1, 0.15) is 0 Å². The van der Waals surface area contributed by atoms with E-state index in [0.29, 0.717) is 6.04 Å². The van der Waals surface area contributed by atoms with Crippen molar-refractivity contribution in [2.45, 2.75) is 25.4 Å². The van der Waals surface area contributed by atoms with E-state index in [2.05, 4.69) is 40.7 Å². The Kier molecular flexibility index (Phi) is 8.56. The maximum absolute atomic E-state index is 5.43. The van der Waals surface area contributed by atoms with Crippen LogP contribution in [-0.2, 0) is 6.54 Å². The van der Waals surface area contributed by atoms with Crippen LogP contribution in [0.1, 0.15) is 18.4 Å². The largest absolute Gasteiger partial charge is 0.299 e. The summed E-state index contributed by atoms with van der Waals surface area (Å²) in [5.41, 5.74) is 4.26. The monoisotopic (exact) mass is 277 g/mol. The van der Waals surface area contributed by atoms with Crippen molar-refractivity contribution in [1.82, 2.24) is 10.3 Å². The molecule has 5 heteroatoms. The van der Waals surface area contributed by atoms with Crippen molar-refractivity contribution in [3.63, 3.8) is 0 Å². The Balaban J connectivity index is 0.00000128. The van der Waals surface area contributed by atoms with E-state index in [-0.39, 0.29) is 24.8 Å². The summed E-state index contributed by atoms with van der Waals surface area (Å²) < 4.78 is 0. The van der Waals surface area contributed by atoms with E-state index >= 15 is 0 Å². The molecule has 0 aromatic heterocycles. The Hall–Kier alpha value is -0.320. The topological polar surface area (TPSA) is 41.3 Å². The van der Waals surface area contributed by atoms with Crippen molar-refractivity contribution >= 4 is 24.8 Å². The first-order chi connectivity index (χ1) is 7.38. The van der Waals surface area contributed by atoms with E-state index in [1.165, 1.54) is 5.56 Å². The predicted octanol–water partition coefficient (Wildman–Crippen LogP) is 1.96. The minimum Gasteiger partial charge on any atom is -0.299 e. The number of halogens is 2.